The SMILES string of the molecule is C=[C](OCC)[Sn]([CH2]CCC)([CH2]CCC)[CH2]CCC.CC(=O)c1cc2cc(O)ccc2cn1.Oc1ccc2cnc(Cl)cc2c1. The molecule has 2 aromatic heterocycles. The summed E-state index contributed by atoms with van der Waals surface area (Å²) in [6.45, 7) is 15.6. The second kappa shape index (κ2) is 19.5. The second-order valence-corrected chi connectivity index (χ2v) is 24.7. The number of benzene rings is 2. The summed E-state index contributed by atoms with van der Waals surface area (Å²) in [4.78, 5) is 19.0. The van der Waals surface area contributed by atoms with Gasteiger partial charge in [0.2, 0.25) is 0 Å². The number of rotatable bonds is 13. The zero-order valence-electron chi connectivity index (χ0n) is 27.0. The van der Waals surface area contributed by atoms with Gasteiger partial charge in [-0.1, -0.05) is 11.6 Å². The number of nitrogens with zero attached hydrogens (tertiary/aromatic N) is 2. The Morgan fingerprint density at radius 2 is 1.25 bits per heavy atom. The number of aromatic nitrogens is 2. The Bertz CT molecular complexity index is 1440. The zero-order valence-corrected chi connectivity index (χ0v) is 30.6. The van der Waals surface area contributed by atoms with Gasteiger partial charge >= 0.3 is 120 Å². The fourth-order valence-corrected chi connectivity index (χ4v) is 19.9. The molecule has 4 aromatic rings. The number of carbonyl (C=O) groups excluding carboxylic acids is 1. The Morgan fingerprint density at radius 3 is 1.70 bits per heavy atom. The topological polar surface area (TPSA) is 92.5 Å². The molecule has 2 heterocycles. The van der Waals surface area contributed by atoms with E-state index in [4.69, 9.17) is 21.4 Å². The van der Waals surface area contributed by atoms with Crippen molar-refractivity contribution in [3.8, 4) is 11.5 Å². The second-order valence-electron chi connectivity index (χ2n) is 11.1. The number of carbonyl (C=O) groups is 1. The molecule has 0 saturated heterocycles. The van der Waals surface area contributed by atoms with Crippen LogP contribution < -0.4 is 0 Å². The molecule has 0 aliphatic carbocycles. The van der Waals surface area contributed by atoms with Gasteiger partial charge in [0.25, 0.3) is 0 Å². The average molecular weight is 728 g/mol. The van der Waals surface area contributed by atoms with Crippen LogP contribution in [0.4, 0.5) is 0 Å². The summed E-state index contributed by atoms with van der Waals surface area (Å²) in [6, 6.07) is 13.4. The first-order valence-electron chi connectivity index (χ1n) is 15.7. The van der Waals surface area contributed by atoms with Gasteiger partial charge in [0, 0.05) is 30.1 Å². The van der Waals surface area contributed by atoms with Gasteiger partial charge in [-0.25, -0.2) is 4.98 Å². The van der Waals surface area contributed by atoms with E-state index >= 15 is 0 Å². The minimum absolute atomic E-state index is 0.0738. The third-order valence-corrected chi connectivity index (χ3v) is 22.9. The molecule has 2 aromatic carbocycles. The van der Waals surface area contributed by atoms with E-state index in [-0.39, 0.29) is 17.3 Å². The first-order chi connectivity index (χ1) is 21.1. The summed E-state index contributed by atoms with van der Waals surface area (Å²) in [5, 5.41) is 22.5. The molecule has 0 fully saturated rings. The number of unbranched alkanes of at least 4 members (excludes halogenated alkanes) is 3. The van der Waals surface area contributed by atoms with Crippen LogP contribution in [-0.4, -0.2) is 50.9 Å². The van der Waals surface area contributed by atoms with E-state index in [0.717, 1.165) is 28.2 Å². The number of fused-ring (bicyclic) bond motifs is 2. The Labute approximate surface area is 272 Å². The number of phenols is 2. The Morgan fingerprint density at radius 1 is 0.773 bits per heavy atom. The largest absolute Gasteiger partial charge is 0.508 e. The van der Waals surface area contributed by atoms with Crippen molar-refractivity contribution in [2.24, 2.45) is 0 Å². The van der Waals surface area contributed by atoms with Gasteiger partial charge < -0.3 is 10.2 Å². The maximum atomic E-state index is 11.0. The van der Waals surface area contributed by atoms with Crippen LogP contribution in [0.25, 0.3) is 21.5 Å². The number of halogens is 1. The number of Topliss-reactive ketones (excluding diaryl/α,β-unsaturated/α-hetero) is 1. The van der Waals surface area contributed by atoms with Gasteiger partial charge in [0.05, 0.1) is 0 Å². The van der Waals surface area contributed by atoms with Crippen molar-refractivity contribution in [3.05, 3.63) is 82.1 Å². The summed E-state index contributed by atoms with van der Waals surface area (Å²) in [6.07, 6.45) is 11.4. The normalized spacial score (nSPS) is 10.9. The van der Waals surface area contributed by atoms with Gasteiger partial charge in [-0.2, -0.15) is 0 Å². The van der Waals surface area contributed by atoms with E-state index in [0.29, 0.717) is 10.8 Å². The van der Waals surface area contributed by atoms with Crippen molar-refractivity contribution < 1.29 is 19.7 Å². The summed E-state index contributed by atoms with van der Waals surface area (Å²) in [5.41, 5.74) is 0.420. The third-order valence-electron chi connectivity index (χ3n) is 7.67. The molecule has 4 rings (SSSR count). The maximum absolute atomic E-state index is 11.0. The van der Waals surface area contributed by atoms with Gasteiger partial charge in [-0.15, -0.1) is 0 Å². The van der Waals surface area contributed by atoms with Crippen molar-refractivity contribution >= 4 is 57.3 Å². The van der Waals surface area contributed by atoms with E-state index in [1.807, 2.05) is 0 Å². The van der Waals surface area contributed by atoms with E-state index in [2.05, 4.69) is 44.2 Å². The molecule has 6 nitrogen and oxygen atoms in total. The number of pyridine rings is 2. The van der Waals surface area contributed by atoms with Crippen LogP contribution in [0, 0.1) is 0 Å². The average Bonchev–Trinajstić information content (AvgIpc) is 3.01. The molecule has 0 radical (unpaired) electrons. The summed E-state index contributed by atoms with van der Waals surface area (Å²) >= 11 is 3.44. The number of ether oxygens (including phenoxy) is 1. The van der Waals surface area contributed by atoms with Gasteiger partial charge in [-0.05, 0) is 59.3 Å². The number of aromatic hydroxyl groups is 2. The van der Waals surface area contributed by atoms with Crippen molar-refractivity contribution in [2.75, 3.05) is 6.61 Å². The molecule has 0 amide bonds. The molecule has 0 atom stereocenters. The van der Waals surface area contributed by atoms with Crippen LogP contribution >= 0.6 is 11.6 Å². The van der Waals surface area contributed by atoms with Crippen LogP contribution in [0.2, 0.25) is 18.5 Å². The summed E-state index contributed by atoms with van der Waals surface area (Å²) in [5.74, 6) is 0.359. The van der Waals surface area contributed by atoms with Crippen molar-refractivity contribution in [3.63, 3.8) is 0 Å². The van der Waals surface area contributed by atoms with E-state index in [1.165, 1.54) is 62.5 Å². The van der Waals surface area contributed by atoms with Gasteiger partial charge in [0.1, 0.15) is 22.3 Å². The molecule has 0 saturated carbocycles. The van der Waals surface area contributed by atoms with Crippen LogP contribution in [0.15, 0.2) is 71.3 Å². The molecule has 0 aliphatic heterocycles. The van der Waals surface area contributed by atoms with E-state index in [1.54, 1.807) is 60.9 Å². The number of ketones is 1. The minimum atomic E-state index is -2.24. The molecule has 0 unspecified atom stereocenters. The number of hydrogen-bond acceptors (Lipinski definition) is 6. The van der Waals surface area contributed by atoms with Gasteiger partial charge in [0.15, 0.2) is 5.78 Å². The molecule has 2 N–H and O–H groups in total. The molecule has 44 heavy (non-hydrogen) atoms. The van der Waals surface area contributed by atoms with Gasteiger partial charge in [-0.3, -0.25) is 9.78 Å². The monoisotopic (exact) mass is 728 g/mol. The first-order valence-corrected chi connectivity index (χ1v) is 23.6. The first kappa shape index (κ1) is 37.3. The Hall–Kier alpha value is -2.84. The van der Waals surface area contributed by atoms with Crippen molar-refractivity contribution in [1.82, 2.24) is 9.97 Å². The van der Waals surface area contributed by atoms with E-state index < -0.39 is 18.4 Å². The zero-order chi connectivity index (χ0) is 32.5. The Balaban J connectivity index is 0.000000234. The quantitative estimate of drug-likeness (QED) is 0.0616. The fourth-order valence-electron chi connectivity index (χ4n) is 5.09. The van der Waals surface area contributed by atoms with Crippen LogP contribution in [0.1, 0.15) is 83.6 Å². The molecule has 0 aliphatic rings. The van der Waals surface area contributed by atoms with Crippen LogP contribution in [0.3, 0.4) is 0 Å². The molecule has 0 bridgehead atoms. The number of hydrogen-bond donors (Lipinski definition) is 2. The Kier molecular flexibility index (Phi) is 16.6. The molecular formula is C36H49ClN2O4Sn. The maximum Gasteiger partial charge on any atom is 0.178 e. The molecule has 0 spiro atoms. The minimum Gasteiger partial charge on any atom is -0.508 e. The molecule has 8 heteroatoms. The predicted molar refractivity (Wildman–Crippen MR) is 187 cm³/mol. The summed E-state index contributed by atoms with van der Waals surface area (Å²) < 4.78 is 11.6. The van der Waals surface area contributed by atoms with Crippen molar-refractivity contribution in [1.29, 1.82) is 0 Å². The smallest absolute Gasteiger partial charge is 0.178 e. The summed E-state index contributed by atoms with van der Waals surface area (Å²) in [7, 11) is 0. The fraction of sp³-hybridized carbons (Fsp3) is 0.417. The molecule has 238 valence electrons. The van der Waals surface area contributed by atoms with Crippen LogP contribution in [0.5, 0.6) is 11.5 Å². The van der Waals surface area contributed by atoms with E-state index in [9.17, 15) is 9.90 Å². The standard InChI is InChI=1S/C11H9NO2.C9H6ClNO.C4H7O.3C4H9.Sn/c1-7(13)11-5-9-4-10(14)3-2-8(9)6-12-11;10-9-4-7-3-8(12)2-1-6(7)5-11-9;1-3-5-4-2;3*1-3-4-2;/h2-6,14H,1H3;1-5,12H;1,4H2,2H3;3*1,3-4H2,2H3;. The predicted octanol–water partition coefficient (Wildman–Crippen LogP) is 10.7. The van der Waals surface area contributed by atoms with Crippen LogP contribution in [-0.2, 0) is 4.74 Å². The van der Waals surface area contributed by atoms with Crippen molar-refractivity contribution in [2.45, 2.75) is 86.5 Å². The third kappa shape index (κ3) is 11.9. The number of phenolic OH excluding ortho intramolecular Hbond substituents is 2. The molecular weight excluding hydrogens is 679 g/mol.